The third kappa shape index (κ3) is 3.91. The number of hydrogen-bond donors (Lipinski definition) is 2. The van der Waals surface area contributed by atoms with Gasteiger partial charge in [0.1, 0.15) is 5.69 Å². The van der Waals surface area contributed by atoms with Gasteiger partial charge in [0.15, 0.2) is 0 Å². The Bertz CT molecular complexity index is 461. The van der Waals surface area contributed by atoms with E-state index in [0.29, 0.717) is 11.7 Å². The summed E-state index contributed by atoms with van der Waals surface area (Å²) in [6.45, 7) is 3.14. The number of hydrogen-bond acceptors (Lipinski definition) is 4. The van der Waals surface area contributed by atoms with Gasteiger partial charge in [0.05, 0.1) is 4.92 Å². The van der Waals surface area contributed by atoms with Gasteiger partial charge >= 0.3 is 0 Å². The fourth-order valence-corrected chi connectivity index (χ4v) is 2.84. The van der Waals surface area contributed by atoms with Gasteiger partial charge in [-0.1, -0.05) is 15.9 Å². The molecule has 1 aromatic carbocycles. The highest BCUT2D eigenvalue weighted by Gasteiger charge is 2.20. The molecule has 2 N–H and O–H groups in total. The Morgan fingerprint density at radius 3 is 3.05 bits per heavy atom. The molecule has 1 aliphatic rings. The number of nitro groups is 1. The zero-order valence-corrected chi connectivity index (χ0v) is 12.4. The molecule has 0 saturated carbocycles. The summed E-state index contributed by atoms with van der Waals surface area (Å²) in [6, 6.07) is 5.83. The second-order valence-electron chi connectivity index (χ2n) is 4.99. The summed E-state index contributed by atoms with van der Waals surface area (Å²) in [7, 11) is 0. The molecular formula is C13H18BrN3O2. The van der Waals surface area contributed by atoms with E-state index in [1.807, 2.05) is 6.07 Å². The fraction of sp³-hybridized carbons (Fsp3) is 0.538. The molecule has 0 aromatic heterocycles. The summed E-state index contributed by atoms with van der Waals surface area (Å²) in [4.78, 5) is 10.7. The number of rotatable bonds is 5. The Hall–Kier alpha value is -1.14. The minimum absolute atomic E-state index is 0.112. The molecule has 0 bridgehead atoms. The highest BCUT2D eigenvalue weighted by molar-refractivity contribution is 9.10. The van der Waals surface area contributed by atoms with Crippen molar-refractivity contribution in [3.05, 3.63) is 32.8 Å². The number of nitro benzene ring substituents is 1. The molecule has 5 nitrogen and oxygen atoms in total. The maximum absolute atomic E-state index is 11.0. The molecule has 2 unspecified atom stereocenters. The average molecular weight is 328 g/mol. The van der Waals surface area contributed by atoms with E-state index < -0.39 is 0 Å². The van der Waals surface area contributed by atoms with Crippen LogP contribution in [0.25, 0.3) is 0 Å². The standard InChI is InChI=1S/C13H18BrN3O2/c1-9(7-11-3-2-6-15-11)16-12-5-4-10(14)8-13(12)17(18)19/h4-5,8-9,11,15-16H,2-3,6-7H2,1H3. The quantitative estimate of drug-likeness (QED) is 0.643. The molecule has 104 valence electrons. The lowest BCUT2D eigenvalue weighted by Crippen LogP contribution is -2.29. The van der Waals surface area contributed by atoms with Gasteiger partial charge in [0, 0.05) is 22.6 Å². The van der Waals surface area contributed by atoms with Crippen LogP contribution in [0.3, 0.4) is 0 Å². The third-order valence-electron chi connectivity index (χ3n) is 3.36. The number of nitrogens with one attached hydrogen (secondary N) is 2. The molecule has 2 atom stereocenters. The van der Waals surface area contributed by atoms with Crippen LogP contribution in [0.1, 0.15) is 26.2 Å². The van der Waals surface area contributed by atoms with Crippen molar-refractivity contribution in [2.24, 2.45) is 0 Å². The average Bonchev–Trinajstić information content (AvgIpc) is 2.83. The van der Waals surface area contributed by atoms with E-state index in [1.165, 1.54) is 18.9 Å². The fourth-order valence-electron chi connectivity index (χ4n) is 2.49. The van der Waals surface area contributed by atoms with Gasteiger partial charge in [-0.2, -0.15) is 0 Å². The normalized spacial score (nSPS) is 20.2. The van der Waals surface area contributed by atoms with Crippen molar-refractivity contribution in [1.82, 2.24) is 5.32 Å². The lowest BCUT2D eigenvalue weighted by molar-refractivity contribution is -0.384. The molecule has 19 heavy (non-hydrogen) atoms. The predicted octanol–water partition coefficient (Wildman–Crippen LogP) is 3.30. The monoisotopic (exact) mass is 327 g/mol. The molecule has 0 aliphatic carbocycles. The second kappa shape index (κ2) is 6.34. The minimum Gasteiger partial charge on any atom is -0.377 e. The summed E-state index contributed by atoms with van der Waals surface area (Å²) >= 11 is 3.26. The van der Waals surface area contributed by atoms with E-state index in [1.54, 1.807) is 6.07 Å². The van der Waals surface area contributed by atoms with Crippen LogP contribution in [-0.2, 0) is 0 Å². The predicted molar refractivity (Wildman–Crippen MR) is 79.5 cm³/mol. The molecule has 1 saturated heterocycles. The smallest absolute Gasteiger partial charge is 0.293 e. The van der Waals surface area contributed by atoms with Crippen molar-refractivity contribution in [2.45, 2.75) is 38.3 Å². The van der Waals surface area contributed by atoms with E-state index >= 15 is 0 Å². The number of halogens is 1. The molecule has 1 fully saturated rings. The molecule has 2 rings (SSSR count). The van der Waals surface area contributed by atoms with Crippen LogP contribution in [0, 0.1) is 10.1 Å². The number of anilines is 1. The molecule has 6 heteroatoms. The van der Waals surface area contributed by atoms with E-state index in [9.17, 15) is 10.1 Å². The maximum atomic E-state index is 11.0. The Balaban J connectivity index is 2.03. The highest BCUT2D eigenvalue weighted by atomic mass is 79.9. The minimum atomic E-state index is -0.354. The van der Waals surface area contributed by atoms with Crippen LogP contribution in [0.5, 0.6) is 0 Å². The topological polar surface area (TPSA) is 67.2 Å². The zero-order valence-electron chi connectivity index (χ0n) is 10.9. The molecule has 1 heterocycles. The van der Waals surface area contributed by atoms with Crippen molar-refractivity contribution >= 4 is 27.3 Å². The van der Waals surface area contributed by atoms with Crippen molar-refractivity contribution in [1.29, 1.82) is 0 Å². The van der Waals surface area contributed by atoms with Crippen LogP contribution >= 0.6 is 15.9 Å². The van der Waals surface area contributed by atoms with E-state index in [2.05, 4.69) is 33.5 Å². The third-order valence-corrected chi connectivity index (χ3v) is 3.85. The van der Waals surface area contributed by atoms with Crippen LogP contribution < -0.4 is 10.6 Å². The first-order valence-electron chi connectivity index (χ1n) is 6.50. The van der Waals surface area contributed by atoms with Gasteiger partial charge in [-0.3, -0.25) is 10.1 Å². The molecule has 0 amide bonds. The molecule has 1 aliphatic heterocycles. The van der Waals surface area contributed by atoms with Crippen molar-refractivity contribution in [3.63, 3.8) is 0 Å². The Kier molecular flexibility index (Phi) is 4.76. The van der Waals surface area contributed by atoms with Crippen LogP contribution in [0.4, 0.5) is 11.4 Å². The lowest BCUT2D eigenvalue weighted by atomic mass is 10.1. The van der Waals surface area contributed by atoms with Crippen molar-refractivity contribution in [3.8, 4) is 0 Å². The van der Waals surface area contributed by atoms with Gasteiger partial charge in [-0.05, 0) is 44.9 Å². The first-order valence-corrected chi connectivity index (χ1v) is 7.29. The second-order valence-corrected chi connectivity index (χ2v) is 5.91. The van der Waals surface area contributed by atoms with Gasteiger partial charge < -0.3 is 10.6 Å². The SMILES string of the molecule is CC(CC1CCCN1)Nc1ccc(Br)cc1[N+](=O)[O-]. The Morgan fingerprint density at radius 2 is 2.42 bits per heavy atom. The van der Waals surface area contributed by atoms with Crippen molar-refractivity contribution in [2.75, 3.05) is 11.9 Å². The highest BCUT2D eigenvalue weighted by Crippen LogP contribution is 2.29. The van der Waals surface area contributed by atoms with Crippen molar-refractivity contribution < 1.29 is 4.92 Å². The van der Waals surface area contributed by atoms with Gasteiger partial charge in [0.2, 0.25) is 0 Å². The molecule has 0 spiro atoms. The Labute approximate surface area is 121 Å². The lowest BCUT2D eigenvalue weighted by Gasteiger charge is -2.19. The largest absolute Gasteiger partial charge is 0.377 e. The number of nitrogens with zero attached hydrogens (tertiary/aromatic N) is 1. The van der Waals surface area contributed by atoms with Crippen LogP contribution in [0.15, 0.2) is 22.7 Å². The summed E-state index contributed by atoms with van der Waals surface area (Å²) < 4.78 is 0.717. The zero-order chi connectivity index (χ0) is 13.8. The summed E-state index contributed by atoms with van der Waals surface area (Å²) in [5.41, 5.74) is 0.694. The molecular weight excluding hydrogens is 310 g/mol. The van der Waals surface area contributed by atoms with Crippen LogP contribution in [0.2, 0.25) is 0 Å². The summed E-state index contributed by atoms with van der Waals surface area (Å²) in [5.74, 6) is 0. The summed E-state index contributed by atoms with van der Waals surface area (Å²) in [5, 5.41) is 17.7. The molecule has 0 radical (unpaired) electrons. The van der Waals surface area contributed by atoms with E-state index in [4.69, 9.17) is 0 Å². The van der Waals surface area contributed by atoms with Crippen LogP contribution in [-0.4, -0.2) is 23.6 Å². The van der Waals surface area contributed by atoms with Gasteiger partial charge in [0.25, 0.3) is 5.69 Å². The summed E-state index contributed by atoms with van der Waals surface area (Å²) in [6.07, 6.45) is 3.39. The van der Waals surface area contributed by atoms with E-state index in [-0.39, 0.29) is 16.7 Å². The van der Waals surface area contributed by atoms with Gasteiger partial charge in [-0.25, -0.2) is 0 Å². The van der Waals surface area contributed by atoms with Gasteiger partial charge in [-0.15, -0.1) is 0 Å². The number of benzene rings is 1. The first-order chi connectivity index (χ1) is 9.06. The maximum Gasteiger partial charge on any atom is 0.293 e. The molecule has 1 aromatic rings. The Morgan fingerprint density at radius 1 is 1.63 bits per heavy atom. The van der Waals surface area contributed by atoms with E-state index in [0.717, 1.165) is 17.4 Å². The first kappa shape index (κ1) is 14.3.